The Kier molecular flexibility index (Phi) is 4.82. The van der Waals surface area contributed by atoms with Crippen LogP contribution in [-0.2, 0) is 21.5 Å². The van der Waals surface area contributed by atoms with Gasteiger partial charge in [-0.25, -0.2) is 13.8 Å². The number of aryl methyl sites for hydroxylation is 1. The van der Waals surface area contributed by atoms with E-state index in [9.17, 15) is 5.11 Å². The minimum Gasteiger partial charge on any atom is -0.380 e. The Balaban J connectivity index is 1.63. The van der Waals surface area contributed by atoms with Crippen molar-refractivity contribution >= 4 is 5.65 Å². The molecule has 0 aliphatic carbocycles. The zero-order valence-electron chi connectivity index (χ0n) is 16.6. The van der Waals surface area contributed by atoms with Gasteiger partial charge < -0.3 is 24.3 Å². The third kappa shape index (κ3) is 3.30. The van der Waals surface area contributed by atoms with E-state index in [2.05, 4.69) is 10.3 Å². The summed E-state index contributed by atoms with van der Waals surface area (Å²) < 4.78 is 43.0. The second kappa shape index (κ2) is 7.39. The van der Waals surface area contributed by atoms with E-state index in [1.54, 1.807) is 0 Å². The highest BCUT2D eigenvalue weighted by atomic mass is 19.1. The highest BCUT2D eigenvalue weighted by Crippen LogP contribution is 2.36. The van der Waals surface area contributed by atoms with Crippen molar-refractivity contribution < 1.29 is 23.4 Å². The molecule has 6 nitrogen and oxygen atoms in total. The summed E-state index contributed by atoms with van der Waals surface area (Å²) in [6.45, 7) is 4.03. The van der Waals surface area contributed by atoms with Crippen molar-refractivity contribution in [2.75, 3.05) is 32.9 Å². The fourth-order valence-electron chi connectivity index (χ4n) is 4.09. The van der Waals surface area contributed by atoms with Crippen LogP contribution in [0, 0.1) is 18.6 Å². The molecule has 0 amide bonds. The van der Waals surface area contributed by atoms with E-state index in [4.69, 9.17) is 9.47 Å². The SMILES string of the molecule is Cc1ccn2c(CC3CNCCO3)c(-c3c(F)cc(C4(O)COC4)cc3F)nc2c1. The maximum Gasteiger partial charge on any atom is 0.137 e. The smallest absolute Gasteiger partial charge is 0.137 e. The van der Waals surface area contributed by atoms with Gasteiger partial charge in [0.2, 0.25) is 0 Å². The predicted molar refractivity (Wildman–Crippen MR) is 106 cm³/mol. The molecule has 5 rings (SSSR count). The maximum atomic E-state index is 15.2. The molecule has 4 heterocycles. The Morgan fingerprint density at radius 2 is 2.03 bits per heavy atom. The lowest BCUT2D eigenvalue weighted by Crippen LogP contribution is -2.46. The number of aromatic nitrogens is 2. The van der Waals surface area contributed by atoms with Crippen LogP contribution in [0.4, 0.5) is 8.78 Å². The molecular weight excluding hydrogens is 392 g/mol. The quantitative estimate of drug-likeness (QED) is 0.685. The summed E-state index contributed by atoms with van der Waals surface area (Å²) >= 11 is 0. The first kappa shape index (κ1) is 19.6. The Morgan fingerprint density at radius 1 is 1.27 bits per heavy atom. The third-order valence-electron chi connectivity index (χ3n) is 5.80. The number of halogens is 2. The van der Waals surface area contributed by atoms with Crippen molar-refractivity contribution in [1.82, 2.24) is 14.7 Å². The molecule has 0 saturated carbocycles. The molecule has 0 bridgehead atoms. The largest absolute Gasteiger partial charge is 0.380 e. The monoisotopic (exact) mass is 415 g/mol. The molecule has 2 aliphatic heterocycles. The first-order valence-electron chi connectivity index (χ1n) is 10.0. The van der Waals surface area contributed by atoms with E-state index in [0.717, 1.165) is 12.1 Å². The van der Waals surface area contributed by atoms with Gasteiger partial charge in [0.05, 0.1) is 42.9 Å². The number of imidazole rings is 1. The minimum absolute atomic E-state index is 0.0239. The predicted octanol–water partition coefficient (Wildman–Crippen LogP) is 2.34. The van der Waals surface area contributed by atoms with Crippen LogP contribution < -0.4 is 5.32 Å². The van der Waals surface area contributed by atoms with Crippen molar-refractivity contribution in [2.24, 2.45) is 0 Å². The molecule has 0 radical (unpaired) electrons. The summed E-state index contributed by atoms with van der Waals surface area (Å²) in [5.41, 5.74) is 1.21. The Morgan fingerprint density at radius 3 is 2.67 bits per heavy atom. The Labute approximate surface area is 172 Å². The van der Waals surface area contributed by atoms with Crippen molar-refractivity contribution in [3.63, 3.8) is 0 Å². The summed E-state index contributed by atoms with van der Waals surface area (Å²) in [5, 5.41) is 13.7. The number of benzene rings is 1. The number of fused-ring (bicyclic) bond motifs is 1. The summed E-state index contributed by atoms with van der Waals surface area (Å²) in [6, 6.07) is 6.17. The molecule has 2 aliphatic rings. The van der Waals surface area contributed by atoms with Gasteiger partial charge in [-0.05, 0) is 42.3 Å². The normalized spacial score (nSPS) is 21.0. The van der Waals surface area contributed by atoms with Gasteiger partial charge in [0.1, 0.15) is 22.9 Å². The number of aliphatic hydroxyl groups is 1. The zero-order chi connectivity index (χ0) is 20.9. The van der Waals surface area contributed by atoms with Gasteiger partial charge in [-0.1, -0.05) is 0 Å². The number of hydrogen-bond donors (Lipinski definition) is 2. The van der Waals surface area contributed by atoms with Gasteiger partial charge in [0.25, 0.3) is 0 Å². The molecule has 30 heavy (non-hydrogen) atoms. The average Bonchev–Trinajstić information content (AvgIpc) is 3.03. The molecule has 2 fully saturated rings. The van der Waals surface area contributed by atoms with Crippen LogP contribution >= 0.6 is 0 Å². The lowest BCUT2D eigenvalue weighted by molar-refractivity contribution is -0.184. The van der Waals surface area contributed by atoms with Crippen LogP contribution in [0.3, 0.4) is 0 Å². The van der Waals surface area contributed by atoms with Crippen LogP contribution in [-0.4, -0.2) is 53.5 Å². The molecular formula is C22H23F2N3O3. The second-order valence-corrected chi connectivity index (χ2v) is 8.08. The minimum atomic E-state index is -1.35. The number of rotatable bonds is 4. The second-order valence-electron chi connectivity index (χ2n) is 8.08. The fourth-order valence-corrected chi connectivity index (χ4v) is 4.09. The molecule has 3 aromatic rings. The molecule has 2 aromatic heterocycles. The van der Waals surface area contributed by atoms with Gasteiger partial charge in [-0.15, -0.1) is 0 Å². The zero-order valence-corrected chi connectivity index (χ0v) is 16.6. The van der Waals surface area contributed by atoms with Crippen LogP contribution in [0.2, 0.25) is 0 Å². The molecule has 2 N–H and O–H groups in total. The molecule has 2 saturated heterocycles. The first-order chi connectivity index (χ1) is 14.4. The van der Waals surface area contributed by atoms with E-state index in [-0.39, 0.29) is 36.1 Å². The molecule has 1 unspecified atom stereocenters. The molecule has 0 spiro atoms. The van der Waals surface area contributed by atoms with Crippen molar-refractivity contribution in [2.45, 2.75) is 25.0 Å². The van der Waals surface area contributed by atoms with Gasteiger partial charge >= 0.3 is 0 Å². The number of nitrogens with zero attached hydrogens (tertiary/aromatic N) is 2. The van der Waals surface area contributed by atoms with E-state index in [1.807, 2.05) is 29.7 Å². The summed E-state index contributed by atoms with van der Waals surface area (Å²) in [6.07, 6.45) is 2.22. The van der Waals surface area contributed by atoms with Crippen LogP contribution in [0.1, 0.15) is 16.8 Å². The van der Waals surface area contributed by atoms with Crippen LogP contribution in [0.25, 0.3) is 16.9 Å². The fraction of sp³-hybridized carbons (Fsp3) is 0.409. The molecule has 1 atom stereocenters. The van der Waals surface area contributed by atoms with Crippen molar-refractivity contribution in [3.8, 4) is 11.3 Å². The van der Waals surface area contributed by atoms with E-state index in [0.29, 0.717) is 30.9 Å². The van der Waals surface area contributed by atoms with Crippen LogP contribution in [0.15, 0.2) is 30.5 Å². The van der Waals surface area contributed by atoms with E-state index in [1.165, 1.54) is 12.1 Å². The third-order valence-corrected chi connectivity index (χ3v) is 5.80. The average molecular weight is 415 g/mol. The number of ether oxygens (including phenoxy) is 2. The lowest BCUT2D eigenvalue weighted by Gasteiger charge is -2.36. The summed E-state index contributed by atoms with van der Waals surface area (Å²) in [4.78, 5) is 4.58. The van der Waals surface area contributed by atoms with Gasteiger partial charge in [0.15, 0.2) is 0 Å². The Bertz CT molecular complexity index is 1080. The maximum absolute atomic E-state index is 15.2. The van der Waals surface area contributed by atoms with Crippen molar-refractivity contribution in [3.05, 3.63) is 58.9 Å². The van der Waals surface area contributed by atoms with Crippen molar-refractivity contribution in [1.29, 1.82) is 0 Å². The number of nitrogens with one attached hydrogen (secondary N) is 1. The van der Waals surface area contributed by atoms with Gasteiger partial charge in [0, 0.05) is 25.7 Å². The topological polar surface area (TPSA) is 68.0 Å². The number of hydrogen-bond acceptors (Lipinski definition) is 5. The van der Waals surface area contributed by atoms with E-state index < -0.39 is 17.2 Å². The highest BCUT2D eigenvalue weighted by Gasteiger charge is 2.39. The molecule has 158 valence electrons. The summed E-state index contributed by atoms with van der Waals surface area (Å²) in [5.74, 6) is -1.51. The van der Waals surface area contributed by atoms with Gasteiger partial charge in [-0.3, -0.25) is 0 Å². The number of pyridine rings is 1. The summed E-state index contributed by atoms with van der Waals surface area (Å²) in [7, 11) is 0. The van der Waals surface area contributed by atoms with E-state index >= 15 is 8.78 Å². The molecule has 8 heteroatoms. The highest BCUT2D eigenvalue weighted by molar-refractivity contribution is 5.69. The lowest BCUT2D eigenvalue weighted by atomic mass is 9.90. The number of morpholine rings is 1. The Hall–Kier alpha value is -2.39. The van der Waals surface area contributed by atoms with Gasteiger partial charge in [-0.2, -0.15) is 0 Å². The standard InChI is InChI=1S/C22H23F2N3O3/c1-13-2-4-27-18(9-15-10-25-3-5-30-15)21(26-19(27)6-13)20-16(23)7-14(8-17(20)24)22(28)11-29-12-22/h2,4,6-8,15,25,28H,3,5,9-12H2,1H3. The molecule has 1 aromatic carbocycles. The van der Waals surface area contributed by atoms with Crippen LogP contribution in [0.5, 0.6) is 0 Å². The first-order valence-corrected chi connectivity index (χ1v) is 10.0.